The van der Waals surface area contributed by atoms with Crippen LogP contribution >= 0.6 is 0 Å². The summed E-state index contributed by atoms with van der Waals surface area (Å²) in [5.74, 6) is -4.06. The highest BCUT2D eigenvalue weighted by molar-refractivity contribution is 7.86. The average molecular weight is 418 g/mol. The molecule has 0 unspecified atom stereocenters. The number of nitrogens with two attached hydrogens (primary N) is 1. The van der Waals surface area contributed by atoms with Crippen molar-refractivity contribution in [1.82, 2.24) is 0 Å². The monoisotopic (exact) mass is 418 g/mol. The largest absolute Gasteiger partial charge is 0.460 e. The molecule has 2 N–H and O–H groups in total. The molecular formula is C18H14F3NO5S. The lowest BCUT2D eigenvalue weighted by molar-refractivity contribution is -0.137. The average Bonchev–Trinajstić information content (AvgIpc) is 3.00. The fourth-order valence-electron chi connectivity index (χ4n) is 2.24. The maximum Gasteiger partial charge on any atom is 0.416 e. The summed E-state index contributed by atoms with van der Waals surface area (Å²) < 4.78 is 112. The van der Waals surface area contributed by atoms with E-state index in [1.54, 1.807) is 0 Å². The second kappa shape index (κ2) is 7.19. The van der Waals surface area contributed by atoms with Crippen LogP contribution in [0.4, 0.5) is 13.2 Å². The zero-order valence-electron chi connectivity index (χ0n) is 18.7. The van der Waals surface area contributed by atoms with Crippen LogP contribution in [-0.2, 0) is 35.7 Å². The molecule has 6 nitrogen and oxygen atoms in total. The quantitative estimate of drug-likeness (QED) is 0.725. The summed E-state index contributed by atoms with van der Waals surface area (Å²) in [5.41, 5.74) is -5.48. The molecule has 0 saturated carbocycles. The number of alkyl halides is 3. The van der Waals surface area contributed by atoms with E-state index in [9.17, 15) is 26.4 Å². The molecule has 2 aromatic rings. The number of carbonyl (C=O) groups excluding carboxylic acids is 1. The summed E-state index contributed by atoms with van der Waals surface area (Å²) >= 11 is 0. The van der Waals surface area contributed by atoms with Crippen LogP contribution < -0.4 is 5.72 Å². The summed E-state index contributed by atoms with van der Waals surface area (Å²) in [4.78, 5) is 12.9. The standard InChI is InChI=1S/C18H14F3NO5S/c19-18(20,21)13-8-6-12(7-9-13)15-14(23)16(17(22)26-15)27-28(24,25)10-11-4-2-1-3-5-11/h1-9,15H,10,22H2/t15-/m1/s1/i10D2,15D/hD2. The second-order valence-corrected chi connectivity index (χ2v) is 6.75. The lowest BCUT2D eigenvalue weighted by atomic mass is 10.0. The molecule has 10 heteroatoms. The van der Waals surface area contributed by atoms with Gasteiger partial charge in [-0.3, -0.25) is 4.79 Å². The highest BCUT2D eigenvalue weighted by Gasteiger charge is 2.40. The molecule has 28 heavy (non-hydrogen) atoms. The highest BCUT2D eigenvalue weighted by Crippen LogP contribution is 2.35. The normalized spacial score (nSPS) is 23.1. The number of halogens is 3. The van der Waals surface area contributed by atoms with Crippen LogP contribution in [0.3, 0.4) is 0 Å². The van der Waals surface area contributed by atoms with Gasteiger partial charge in [0.2, 0.25) is 17.4 Å². The first kappa shape index (κ1) is 14.1. The number of ether oxygens (including phenoxy) is 1. The number of hydrogen-bond donors (Lipinski definition) is 1. The van der Waals surface area contributed by atoms with E-state index in [1.165, 1.54) is 18.2 Å². The van der Waals surface area contributed by atoms with Crippen molar-refractivity contribution in [2.45, 2.75) is 18.0 Å². The number of rotatable bonds is 6. The van der Waals surface area contributed by atoms with E-state index in [4.69, 9.17) is 11.7 Å². The lowest BCUT2D eigenvalue weighted by Gasteiger charge is -2.12. The Morgan fingerprint density at radius 3 is 2.39 bits per heavy atom. The summed E-state index contributed by atoms with van der Waals surface area (Å²) in [6.07, 6.45) is -7.59. The van der Waals surface area contributed by atoms with Crippen LogP contribution in [0.1, 0.15) is 26.9 Å². The van der Waals surface area contributed by atoms with Gasteiger partial charge >= 0.3 is 16.3 Å². The highest BCUT2D eigenvalue weighted by atomic mass is 32.2. The van der Waals surface area contributed by atoms with E-state index in [-0.39, 0.29) is 11.3 Å². The Labute approximate surface area is 165 Å². The van der Waals surface area contributed by atoms with Gasteiger partial charge in [0.1, 0.15) is 5.70 Å². The Hall–Kier alpha value is -3.01. The minimum absolute atomic E-state index is 0.355. The van der Waals surface area contributed by atoms with Crippen molar-refractivity contribution in [1.29, 1.82) is 0 Å². The van der Waals surface area contributed by atoms with Gasteiger partial charge in [-0.05, 0) is 17.7 Å². The van der Waals surface area contributed by atoms with E-state index in [0.717, 1.165) is 24.3 Å². The van der Waals surface area contributed by atoms with Gasteiger partial charge in [-0.25, -0.2) is 0 Å². The number of Topliss-reactive ketones (excluding diaryl/α,β-unsaturated/α-hetero) is 1. The molecule has 1 heterocycles. The van der Waals surface area contributed by atoms with Gasteiger partial charge in [0.15, 0.2) is 8.90 Å². The Balaban J connectivity index is 2.00. The van der Waals surface area contributed by atoms with Crippen molar-refractivity contribution in [2.24, 2.45) is 5.72 Å². The molecule has 0 aromatic heterocycles. The molecule has 1 aliphatic heterocycles. The first-order chi connectivity index (χ1) is 15.1. The third kappa shape index (κ3) is 4.28. The van der Waals surface area contributed by atoms with Gasteiger partial charge in [-0.1, -0.05) is 42.5 Å². The lowest BCUT2D eigenvalue weighted by Crippen LogP contribution is -2.16. The van der Waals surface area contributed by atoms with Gasteiger partial charge in [0, 0.05) is 5.56 Å². The Morgan fingerprint density at radius 2 is 1.82 bits per heavy atom. The molecule has 0 spiro atoms. The van der Waals surface area contributed by atoms with Gasteiger partial charge in [-0.15, -0.1) is 0 Å². The van der Waals surface area contributed by atoms with E-state index in [0.29, 0.717) is 12.1 Å². The van der Waals surface area contributed by atoms with Crippen molar-refractivity contribution in [3.05, 3.63) is 82.9 Å². The number of ketones is 1. The topological polar surface area (TPSA) is 95.7 Å². The molecule has 0 amide bonds. The summed E-state index contributed by atoms with van der Waals surface area (Å²) in [6, 6.07) is 9.09. The molecule has 2 aromatic carbocycles. The first-order valence-electron chi connectivity index (χ1n) is 9.94. The molecule has 1 atom stereocenters. The maximum atomic E-state index is 12.9. The molecule has 1 aliphatic rings. The van der Waals surface area contributed by atoms with Crippen LogP contribution in [0, 0.1) is 0 Å². The molecule has 148 valence electrons. The second-order valence-electron chi connectivity index (χ2n) is 5.48. The summed E-state index contributed by atoms with van der Waals surface area (Å²) in [5, 5.41) is 0. The van der Waals surface area contributed by atoms with Gasteiger partial charge < -0.3 is 14.6 Å². The van der Waals surface area contributed by atoms with Crippen LogP contribution in [0.15, 0.2) is 66.2 Å². The zero-order chi connectivity index (χ0) is 24.8. The van der Waals surface area contributed by atoms with Gasteiger partial charge in [0.25, 0.3) is 0 Å². The van der Waals surface area contributed by atoms with Gasteiger partial charge in [0.05, 0.1) is 9.68 Å². The Bertz CT molecular complexity index is 1200. The van der Waals surface area contributed by atoms with Gasteiger partial charge in [-0.2, -0.15) is 21.6 Å². The number of benzene rings is 2. The Morgan fingerprint density at radius 1 is 1.18 bits per heavy atom. The molecule has 0 bridgehead atoms. The molecule has 0 fully saturated rings. The van der Waals surface area contributed by atoms with E-state index in [1.807, 2.05) is 0 Å². The van der Waals surface area contributed by atoms with Crippen LogP contribution in [0.25, 0.3) is 0 Å². The maximum absolute atomic E-state index is 12.9. The van der Waals surface area contributed by atoms with E-state index < -0.39 is 56.6 Å². The minimum atomic E-state index is -5.30. The number of hydrogen-bond acceptors (Lipinski definition) is 6. The third-order valence-electron chi connectivity index (χ3n) is 3.49. The smallest absolute Gasteiger partial charge is 0.416 e. The molecule has 0 saturated heterocycles. The Kier molecular flexibility index (Phi) is 3.61. The SMILES string of the molecule is [2H]N([2H])C1=C(OS(=O)(=O)C([2H])([2H])c2ccccc2)C(=O)[C@@]([2H])(c2ccc(C(F)(F)F)cc2)O1. The minimum Gasteiger partial charge on any atom is -0.460 e. The fraction of sp³-hybridized carbons (Fsp3) is 0.167. The van der Waals surface area contributed by atoms with Crippen molar-refractivity contribution in [3.63, 3.8) is 0 Å². The third-order valence-corrected chi connectivity index (χ3v) is 4.36. The van der Waals surface area contributed by atoms with E-state index in [2.05, 4.69) is 4.18 Å². The summed E-state index contributed by atoms with van der Waals surface area (Å²) in [7, 11) is -5.30. The molecule has 3 rings (SSSR count). The predicted octanol–water partition coefficient (Wildman–Crippen LogP) is 3.02. The van der Waals surface area contributed by atoms with E-state index >= 15 is 0 Å². The predicted molar refractivity (Wildman–Crippen MR) is 91.6 cm³/mol. The zero-order valence-corrected chi connectivity index (χ0v) is 14.5. The summed E-state index contributed by atoms with van der Waals surface area (Å²) in [6.45, 7) is 0. The van der Waals surface area contributed by atoms with Crippen molar-refractivity contribution in [2.75, 3.05) is 0 Å². The van der Waals surface area contributed by atoms with Crippen molar-refractivity contribution < 1.29 is 42.2 Å². The van der Waals surface area contributed by atoms with Crippen LogP contribution in [0.5, 0.6) is 0 Å². The fourth-order valence-corrected chi connectivity index (χ4v) is 3.08. The molecular weight excluding hydrogens is 399 g/mol. The molecule has 0 radical (unpaired) electrons. The van der Waals surface area contributed by atoms with Crippen LogP contribution in [0.2, 0.25) is 2.82 Å². The number of carbonyl (C=O) groups is 1. The molecule has 0 aliphatic carbocycles. The first-order valence-corrected chi connectivity index (χ1v) is 8.95. The van der Waals surface area contributed by atoms with Crippen molar-refractivity contribution in [3.8, 4) is 0 Å². The van der Waals surface area contributed by atoms with Crippen molar-refractivity contribution >= 4 is 15.9 Å². The van der Waals surface area contributed by atoms with Crippen LogP contribution in [-0.4, -0.2) is 14.2 Å².